The lowest BCUT2D eigenvalue weighted by Crippen LogP contribution is -2.19. The molecule has 1 unspecified atom stereocenters. The van der Waals surface area contributed by atoms with Crippen LogP contribution in [0.25, 0.3) is 0 Å². The van der Waals surface area contributed by atoms with Crippen molar-refractivity contribution in [1.82, 2.24) is 0 Å². The van der Waals surface area contributed by atoms with Gasteiger partial charge >= 0.3 is 5.97 Å². The molecule has 0 bridgehead atoms. The Morgan fingerprint density at radius 3 is 2.00 bits per heavy atom. The number of hydrogen-bond acceptors (Lipinski definition) is 2. The van der Waals surface area contributed by atoms with Crippen LogP contribution in [0, 0.1) is 11.6 Å². The van der Waals surface area contributed by atoms with E-state index < -0.39 is 17.6 Å². The van der Waals surface area contributed by atoms with E-state index in [1.165, 1.54) is 31.7 Å². The molecule has 0 aliphatic heterocycles. The predicted octanol–water partition coefficient (Wildman–Crippen LogP) is 6.82. The van der Waals surface area contributed by atoms with E-state index >= 15 is 0 Å². The quantitative estimate of drug-likeness (QED) is 0.287. The zero-order valence-electron chi connectivity index (χ0n) is 15.7. The summed E-state index contributed by atoms with van der Waals surface area (Å²) >= 11 is 0. The van der Waals surface area contributed by atoms with E-state index in [1.54, 1.807) is 0 Å². The molecule has 0 N–H and O–H groups in total. The summed E-state index contributed by atoms with van der Waals surface area (Å²) in [4.78, 5) is 12.2. The Bertz CT molecular complexity index is 503. The molecule has 0 aromatic heterocycles. The van der Waals surface area contributed by atoms with E-state index in [2.05, 4.69) is 13.8 Å². The average molecular weight is 354 g/mol. The van der Waals surface area contributed by atoms with Crippen molar-refractivity contribution >= 4 is 5.97 Å². The zero-order chi connectivity index (χ0) is 18.5. The summed E-state index contributed by atoms with van der Waals surface area (Å²) < 4.78 is 31.9. The van der Waals surface area contributed by atoms with Crippen molar-refractivity contribution in [2.45, 2.75) is 90.6 Å². The average Bonchev–Trinajstić information content (AvgIpc) is 2.60. The Labute approximate surface area is 151 Å². The molecule has 0 aliphatic rings. The number of halogens is 2. The Kier molecular flexibility index (Phi) is 11.1. The molecule has 4 heteroatoms. The summed E-state index contributed by atoms with van der Waals surface area (Å²) in [7, 11) is 0. The van der Waals surface area contributed by atoms with Crippen molar-refractivity contribution in [3.8, 4) is 0 Å². The van der Waals surface area contributed by atoms with Gasteiger partial charge in [-0.15, -0.1) is 0 Å². The fourth-order valence-corrected chi connectivity index (χ4v) is 2.88. The number of unbranched alkanes of at least 4 members (excludes halogenated alkanes) is 7. The molecule has 2 nitrogen and oxygen atoms in total. The maximum Gasteiger partial charge on any atom is 0.338 e. The van der Waals surface area contributed by atoms with Crippen LogP contribution < -0.4 is 0 Å². The standard InChI is InChI=1S/C21H32F2O2/c1-3-5-7-9-11-13-18(12-10-8-6-4-2)25-21(24)17-14-15-19(22)20(23)16-17/h14-16,18H,3-13H2,1-2H3. The maximum atomic E-state index is 13.3. The first-order valence-electron chi connectivity index (χ1n) is 9.74. The van der Waals surface area contributed by atoms with E-state index in [4.69, 9.17) is 4.74 Å². The minimum absolute atomic E-state index is 0.0726. The fraction of sp³-hybridized carbons (Fsp3) is 0.667. The van der Waals surface area contributed by atoms with Gasteiger partial charge in [0.25, 0.3) is 0 Å². The van der Waals surface area contributed by atoms with Crippen molar-refractivity contribution < 1.29 is 18.3 Å². The number of carbonyl (C=O) groups is 1. The highest BCUT2D eigenvalue weighted by Gasteiger charge is 2.17. The molecule has 0 spiro atoms. The highest BCUT2D eigenvalue weighted by molar-refractivity contribution is 5.89. The summed E-state index contributed by atoms with van der Waals surface area (Å²) in [6.45, 7) is 4.34. The van der Waals surface area contributed by atoms with Gasteiger partial charge in [0.05, 0.1) is 5.56 Å². The Morgan fingerprint density at radius 1 is 0.880 bits per heavy atom. The van der Waals surface area contributed by atoms with Gasteiger partial charge in [0.2, 0.25) is 0 Å². The minimum atomic E-state index is -1.02. The van der Waals surface area contributed by atoms with Crippen LogP contribution in [0.2, 0.25) is 0 Å². The van der Waals surface area contributed by atoms with Crippen LogP contribution in [0.5, 0.6) is 0 Å². The molecule has 1 aromatic rings. The van der Waals surface area contributed by atoms with Gasteiger partial charge in [-0.3, -0.25) is 0 Å². The zero-order valence-corrected chi connectivity index (χ0v) is 15.7. The summed E-state index contributed by atoms with van der Waals surface area (Å²) in [6.07, 6.45) is 11.8. The number of hydrogen-bond donors (Lipinski definition) is 0. The second kappa shape index (κ2) is 12.8. The molecular formula is C21H32F2O2. The van der Waals surface area contributed by atoms with Crippen LogP contribution >= 0.6 is 0 Å². The fourth-order valence-electron chi connectivity index (χ4n) is 2.88. The van der Waals surface area contributed by atoms with Gasteiger partial charge in [-0.05, 0) is 43.9 Å². The molecule has 1 rings (SSSR count). The Hall–Kier alpha value is -1.45. The summed E-state index contributed by atoms with van der Waals surface area (Å²) in [6, 6.07) is 3.15. The Balaban J connectivity index is 2.53. The van der Waals surface area contributed by atoms with Gasteiger partial charge in [-0.2, -0.15) is 0 Å². The predicted molar refractivity (Wildman–Crippen MR) is 97.7 cm³/mol. The maximum absolute atomic E-state index is 13.3. The molecule has 0 amide bonds. The van der Waals surface area contributed by atoms with Gasteiger partial charge < -0.3 is 4.74 Å². The summed E-state index contributed by atoms with van der Waals surface area (Å²) in [5, 5.41) is 0. The smallest absolute Gasteiger partial charge is 0.338 e. The highest BCUT2D eigenvalue weighted by atomic mass is 19.2. The largest absolute Gasteiger partial charge is 0.459 e. The molecule has 0 fully saturated rings. The number of ether oxygens (including phenoxy) is 1. The van der Waals surface area contributed by atoms with E-state index in [9.17, 15) is 13.6 Å². The third kappa shape index (κ3) is 8.99. The van der Waals surface area contributed by atoms with Gasteiger partial charge in [0.1, 0.15) is 6.10 Å². The van der Waals surface area contributed by atoms with Crippen LogP contribution in [0.4, 0.5) is 8.78 Å². The number of esters is 1. The molecule has 1 aromatic carbocycles. The third-order valence-corrected chi connectivity index (χ3v) is 4.44. The SMILES string of the molecule is CCCCCCCC(CCCCCC)OC(=O)c1ccc(F)c(F)c1. The molecule has 0 saturated heterocycles. The summed E-state index contributed by atoms with van der Waals surface area (Å²) in [5.41, 5.74) is 0.0726. The number of carbonyl (C=O) groups excluding carboxylic acids is 1. The molecular weight excluding hydrogens is 322 g/mol. The van der Waals surface area contributed by atoms with Crippen molar-refractivity contribution in [3.63, 3.8) is 0 Å². The Morgan fingerprint density at radius 2 is 1.44 bits per heavy atom. The van der Waals surface area contributed by atoms with Crippen LogP contribution in [0.3, 0.4) is 0 Å². The van der Waals surface area contributed by atoms with Gasteiger partial charge in [0, 0.05) is 0 Å². The molecule has 0 saturated carbocycles. The van der Waals surface area contributed by atoms with E-state index in [0.29, 0.717) is 0 Å². The van der Waals surface area contributed by atoms with Crippen molar-refractivity contribution in [2.75, 3.05) is 0 Å². The third-order valence-electron chi connectivity index (χ3n) is 4.44. The summed E-state index contributed by atoms with van der Waals surface area (Å²) in [5.74, 6) is -2.54. The molecule has 25 heavy (non-hydrogen) atoms. The molecule has 142 valence electrons. The van der Waals surface area contributed by atoms with Crippen molar-refractivity contribution in [2.24, 2.45) is 0 Å². The van der Waals surface area contributed by atoms with Crippen molar-refractivity contribution in [1.29, 1.82) is 0 Å². The van der Waals surface area contributed by atoms with Crippen molar-refractivity contribution in [3.05, 3.63) is 35.4 Å². The minimum Gasteiger partial charge on any atom is -0.459 e. The van der Waals surface area contributed by atoms with Crippen LogP contribution in [0.15, 0.2) is 18.2 Å². The lowest BCUT2D eigenvalue weighted by atomic mass is 10.0. The molecule has 1 atom stereocenters. The van der Waals surface area contributed by atoms with Gasteiger partial charge in [-0.1, -0.05) is 58.8 Å². The second-order valence-corrected chi connectivity index (χ2v) is 6.71. The first kappa shape index (κ1) is 21.6. The van der Waals surface area contributed by atoms with E-state index in [0.717, 1.165) is 57.1 Å². The van der Waals surface area contributed by atoms with Crippen LogP contribution in [0.1, 0.15) is 94.8 Å². The van der Waals surface area contributed by atoms with Crippen LogP contribution in [-0.2, 0) is 4.74 Å². The van der Waals surface area contributed by atoms with Gasteiger partial charge in [-0.25, -0.2) is 13.6 Å². The highest BCUT2D eigenvalue weighted by Crippen LogP contribution is 2.18. The lowest BCUT2D eigenvalue weighted by molar-refractivity contribution is 0.0248. The first-order valence-corrected chi connectivity index (χ1v) is 9.74. The second-order valence-electron chi connectivity index (χ2n) is 6.71. The topological polar surface area (TPSA) is 26.3 Å². The normalized spacial score (nSPS) is 12.2. The first-order chi connectivity index (χ1) is 12.1. The molecule has 0 radical (unpaired) electrons. The van der Waals surface area contributed by atoms with E-state index in [1.807, 2.05) is 0 Å². The monoisotopic (exact) mass is 354 g/mol. The molecule has 0 heterocycles. The number of rotatable bonds is 13. The molecule has 0 aliphatic carbocycles. The number of benzene rings is 1. The lowest BCUT2D eigenvalue weighted by Gasteiger charge is -2.18. The van der Waals surface area contributed by atoms with E-state index in [-0.39, 0.29) is 11.7 Å². The van der Waals surface area contributed by atoms with Gasteiger partial charge in [0.15, 0.2) is 11.6 Å². The van der Waals surface area contributed by atoms with Crippen LogP contribution in [-0.4, -0.2) is 12.1 Å².